The number of halogens is 1. The van der Waals surface area contributed by atoms with Crippen molar-refractivity contribution in [1.82, 2.24) is 9.97 Å². The van der Waals surface area contributed by atoms with Gasteiger partial charge in [0.1, 0.15) is 11.6 Å². The molecule has 18 heavy (non-hydrogen) atoms. The average molecular weight is 244 g/mol. The molecule has 3 nitrogen and oxygen atoms in total. The molecule has 0 amide bonds. The van der Waals surface area contributed by atoms with Crippen molar-refractivity contribution in [3.63, 3.8) is 0 Å². The minimum absolute atomic E-state index is 0.324. The van der Waals surface area contributed by atoms with Crippen LogP contribution in [0.2, 0.25) is 0 Å². The molecule has 1 heterocycles. The SMILES string of the molecule is Cc1ncc(-c2cc(C3(O)CC3)ccc2F)cn1. The Labute approximate surface area is 104 Å². The van der Waals surface area contributed by atoms with E-state index in [2.05, 4.69) is 9.97 Å². The van der Waals surface area contributed by atoms with E-state index < -0.39 is 5.60 Å². The third-order valence-corrected chi connectivity index (χ3v) is 3.32. The summed E-state index contributed by atoms with van der Waals surface area (Å²) in [5.74, 6) is 0.326. The van der Waals surface area contributed by atoms with Crippen LogP contribution in [0.5, 0.6) is 0 Å². The monoisotopic (exact) mass is 244 g/mol. The lowest BCUT2D eigenvalue weighted by atomic mass is 10.0. The van der Waals surface area contributed by atoms with E-state index in [-0.39, 0.29) is 5.82 Å². The highest BCUT2D eigenvalue weighted by Gasteiger charge is 2.42. The molecule has 1 N–H and O–H groups in total. The minimum Gasteiger partial charge on any atom is -0.385 e. The van der Waals surface area contributed by atoms with E-state index >= 15 is 0 Å². The van der Waals surface area contributed by atoms with E-state index in [0.717, 1.165) is 18.4 Å². The highest BCUT2D eigenvalue weighted by Crippen LogP contribution is 2.46. The summed E-state index contributed by atoms with van der Waals surface area (Å²) in [5, 5.41) is 10.1. The van der Waals surface area contributed by atoms with Gasteiger partial charge in [-0.2, -0.15) is 0 Å². The summed E-state index contributed by atoms with van der Waals surface area (Å²) < 4.78 is 13.8. The first-order chi connectivity index (χ1) is 8.58. The Balaban J connectivity index is 2.07. The summed E-state index contributed by atoms with van der Waals surface area (Å²) >= 11 is 0. The van der Waals surface area contributed by atoms with Crippen LogP contribution in [0.25, 0.3) is 11.1 Å². The van der Waals surface area contributed by atoms with Crippen LogP contribution in [-0.2, 0) is 5.60 Å². The lowest BCUT2D eigenvalue weighted by Crippen LogP contribution is -2.04. The molecule has 1 aromatic carbocycles. The van der Waals surface area contributed by atoms with E-state index in [9.17, 15) is 9.50 Å². The first-order valence-electron chi connectivity index (χ1n) is 5.90. The van der Waals surface area contributed by atoms with E-state index in [4.69, 9.17) is 0 Å². The van der Waals surface area contributed by atoms with Crippen LogP contribution < -0.4 is 0 Å². The van der Waals surface area contributed by atoms with Gasteiger partial charge in [0.05, 0.1) is 5.60 Å². The lowest BCUT2D eigenvalue weighted by molar-refractivity contribution is 0.151. The second-order valence-corrected chi connectivity index (χ2v) is 4.75. The number of benzene rings is 1. The minimum atomic E-state index is -0.756. The summed E-state index contributed by atoms with van der Waals surface area (Å²) in [4.78, 5) is 8.13. The van der Waals surface area contributed by atoms with Gasteiger partial charge in [0.2, 0.25) is 0 Å². The van der Waals surface area contributed by atoms with Gasteiger partial charge in [-0.1, -0.05) is 6.07 Å². The Morgan fingerprint density at radius 3 is 2.50 bits per heavy atom. The summed E-state index contributed by atoms with van der Waals surface area (Å²) in [6, 6.07) is 4.72. The van der Waals surface area contributed by atoms with Gasteiger partial charge in [0.15, 0.2) is 0 Å². The fourth-order valence-electron chi connectivity index (χ4n) is 1.97. The molecule has 3 rings (SSSR count). The highest BCUT2D eigenvalue weighted by atomic mass is 19.1. The molecule has 1 aliphatic rings. The number of hydrogen-bond acceptors (Lipinski definition) is 3. The zero-order chi connectivity index (χ0) is 12.8. The summed E-state index contributed by atoms with van der Waals surface area (Å²) in [7, 11) is 0. The fourth-order valence-corrected chi connectivity index (χ4v) is 1.97. The molecule has 1 saturated carbocycles. The smallest absolute Gasteiger partial charge is 0.131 e. The van der Waals surface area contributed by atoms with E-state index in [0.29, 0.717) is 17.0 Å². The molecular formula is C14H13FN2O. The van der Waals surface area contributed by atoms with Crippen molar-refractivity contribution in [1.29, 1.82) is 0 Å². The number of aryl methyl sites for hydroxylation is 1. The average Bonchev–Trinajstić information content (AvgIpc) is 3.10. The molecule has 0 aliphatic heterocycles. The molecule has 0 unspecified atom stereocenters. The van der Waals surface area contributed by atoms with Crippen molar-refractivity contribution in [2.75, 3.05) is 0 Å². The Bertz CT molecular complexity index is 591. The summed E-state index contributed by atoms with van der Waals surface area (Å²) in [5.41, 5.74) is 1.07. The van der Waals surface area contributed by atoms with Crippen LogP contribution in [0.4, 0.5) is 4.39 Å². The maximum Gasteiger partial charge on any atom is 0.131 e. The van der Waals surface area contributed by atoms with Gasteiger partial charge in [-0.05, 0) is 37.5 Å². The number of nitrogens with zero attached hydrogens (tertiary/aromatic N) is 2. The normalized spacial score (nSPS) is 16.6. The van der Waals surface area contributed by atoms with Gasteiger partial charge >= 0.3 is 0 Å². The molecule has 1 fully saturated rings. The zero-order valence-electron chi connectivity index (χ0n) is 10.0. The standard InChI is InChI=1S/C14H13FN2O/c1-9-16-7-10(8-17-9)12-6-11(2-3-13(12)15)14(18)4-5-14/h2-3,6-8,18H,4-5H2,1H3. The van der Waals surface area contributed by atoms with Gasteiger partial charge in [-0.15, -0.1) is 0 Å². The van der Waals surface area contributed by atoms with Gasteiger partial charge in [-0.25, -0.2) is 14.4 Å². The molecule has 92 valence electrons. The van der Waals surface area contributed by atoms with Crippen LogP contribution in [0.15, 0.2) is 30.6 Å². The van der Waals surface area contributed by atoms with E-state index in [1.54, 1.807) is 31.5 Å². The van der Waals surface area contributed by atoms with Crippen molar-refractivity contribution < 1.29 is 9.50 Å². The third-order valence-electron chi connectivity index (χ3n) is 3.32. The van der Waals surface area contributed by atoms with Gasteiger partial charge in [0, 0.05) is 23.5 Å². The lowest BCUT2D eigenvalue weighted by Gasteiger charge is -2.11. The number of aliphatic hydroxyl groups is 1. The quantitative estimate of drug-likeness (QED) is 0.883. The topological polar surface area (TPSA) is 46.0 Å². The molecule has 1 aromatic heterocycles. The van der Waals surface area contributed by atoms with Crippen LogP contribution in [0.3, 0.4) is 0 Å². The van der Waals surface area contributed by atoms with Gasteiger partial charge in [0.25, 0.3) is 0 Å². The van der Waals surface area contributed by atoms with Crippen LogP contribution in [0.1, 0.15) is 24.2 Å². The first kappa shape index (κ1) is 11.3. The Morgan fingerprint density at radius 2 is 1.89 bits per heavy atom. The molecule has 0 radical (unpaired) electrons. The molecule has 4 heteroatoms. The number of aromatic nitrogens is 2. The van der Waals surface area contributed by atoms with Gasteiger partial charge in [-0.3, -0.25) is 0 Å². The molecule has 2 aromatic rings. The van der Waals surface area contributed by atoms with E-state index in [1.807, 2.05) is 0 Å². The number of hydrogen-bond donors (Lipinski definition) is 1. The molecular weight excluding hydrogens is 231 g/mol. The predicted molar refractivity (Wildman–Crippen MR) is 65.3 cm³/mol. The van der Waals surface area contributed by atoms with Crippen molar-refractivity contribution in [3.05, 3.63) is 47.8 Å². The van der Waals surface area contributed by atoms with Crippen molar-refractivity contribution in [3.8, 4) is 11.1 Å². The van der Waals surface area contributed by atoms with Crippen LogP contribution >= 0.6 is 0 Å². The van der Waals surface area contributed by atoms with E-state index in [1.165, 1.54) is 6.07 Å². The molecule has 0 spiro atoms. The van der Waals surface area contributed by atoms with Crippen molar-refractivity contribution in [2.24, 2.45) is 0 Å². The molecule has 1 aliphatic carbocycles. The second kappa shape index (κ2) is 3.85. The second-order valence-electron chi connectivity index (χ2n) is 4.75. The van der Waals surface area contributed by atoms with Crippen LogP contribution in [0, 0.1) is 12.7 Å². The molecule has 0 bridgehead atoms. The maximum atomic E-state index is 13.8. The Kier molecular flexibility index (Phi) is 2.41. The van der Waals surface area contributed by atoms with Gasteiger partial charge < -0.3 is 5.11 Å². The van der Waals surface area contributed by atoms with Crippen molar-refractivity contribution in [2.45, 2.75) is 25.4 Å². The van der Waals surface area contributed by atoms with Crippen LogP contribution in [-0.4, -0.2) is 15.1 Å². The Morgan fingerprint density at radius 1 is 1.22 bits per heavy atom. The fraction of sp³-hybridized carbons (Fsp3) is 0.286. The third kappa shape index (κ3) is 1.88. The first-order valence-corrected chi connectivity index (χ1v) is 5.90. The zero-order valence-corrected chi connectivity index (χ0v) is 10.0. The number of rotatable bonds is 2. The maximum absolute atomic E-state index is 13.8. The highest BCUT2D eigenvalue weighted by molar-refractivity contribution is 5.63. The largest absolute Gasteiger partial charge is 0.385 e. The Hall–Kier alpha value is -1.81. The summed E-state index contributed by atoms with van der Waals surface area (Å²) in [6.45, 7) is 1.78. The predicted octanol–water partition coefficient (Wildman–Crippen LogP) is 2.57. The summed E-state index contributed by atoms with van der Waals surface area (Å²) in [6.07, 6.45) is 4.67. The molecule has 0 atom stereocenters. The molecule has 0 saturated heterocycles. The van der Waals surface area contributed by atoms with Crippen molar-refractivity contribution >= 4 is 0 Å².